The first-order valence-electron chi connectivity index (χ1n) is 25.6. The molecular weight excluding hydrogens is 971 g/mol. The number of nitrogens with one attached hydrogen (secondary N) is 7. The van der Waals surface area contributed by atoms with Crippen LogP contribution in [0.25, 0.3) is 0 Å². The van der Waals surface area contributed by atoms with Crippen LogP contribution in [0.2, 0.25) is 0 Å². The van der Waals surface area contributed by atoms with Crippen LogP contribution in [0.1, 0.15) is 132 Å². The molecule has 1 fully saturated rings. The summed E-state index contributed by atoms with van der Waals surface area (Å²) >= 11 is 0. The Morgan fingerprint density at radius 2 is 1.00 bits per heavy atom. The van der Waals surface area contributed by atoms with E-state index in [4.69, 9.17) is 32.4 Å². The molecule has 74 heavy (non-hydrogen) atoms. The molecule has 26 heteroatoms. The summed E-state index contributed by atoms with van der Waals surface area (Å²) in [5, 5.41) is 59.8. The minimum atomic E-state index is -1.66. The van der Waals surface area contributed by atoms with Gasteiger partial charge in [-0.1, -0.05) is 41.5 Å². The highest BCUT2D eigenvalue weighted by Gasteiger charge is 2.45. The van der Waals surface area contributed by atoms with Gasteiger partial charge in [0.25, 0.3) is 0 Å². The van der Waals surface area contributed by atoms with Gasteiger partial charge in [-0.3, -0.25) is 43.2 Å². The van der Waals surface area contributed by atoms with Crippen LogP contribution in [0.3, 0.4) is 0 Å². The lowest BCUT2D eigenvalue weighted by molar-refractivity contribution is -0.271. The lowest BCUT2D eigenvalue weighted by Crippen LogP contribution is -2.65. The van der Waals surface area contributed by atoms with Crippen molar-refractivity contribution in [1.29, 1.82) is 0 Å². The summed E-state index contributed by atoms with van der Waals surface area (Å²) in [6, 6.07) is -6.67. The van der Waals surface area contributed by atoms with Gasteiger partial charge < -0.3 is 90.1 Å². The Labute approximate surface area is 434 Å². The predicted octanol–water partition coefficient (Wildman–Crippen LogP) is -3.29. The van der Waals surface area contributed by atoms with Crippen molar-refractivity contribution in [3.63, 3.8) is 0 Å². The second-order valence-corrected chi connectivity index (χ2v) is 20.3. The number of primary amides is 1. The Morgan fingerprint density at radius 3 is 1.42 bits per heavy atom. The van der Waals surface area contributed by atoms with E-state index < -0.39 is 146 Å². The number of hydrogen-bond acceptors (Lipinski definition) is 17. The first-order valence-corrected chi connectivity index (χ1v) is 25.6. The molecule has 0 saturated carbocycles. The van der Waals surface area contributed by atoms with Gasteiger partial charge in [0.1, 0.15) is 24.4 Å². The van der Waals surface area contributed by atoms with E-state index in [0.717, 1.165) is 6.92 Å². The van der Waals surface area contributed by atoms with Crippen LogP contribution in [0.5, 0.6) is 0 Å². The average Bonchev–Trinajstić information content (AvgIpc) is 3.29. The number of carboxylic acid groups (broad SMARTS) is 1. The molecule has 0 aromatic carbocycles. The van der Waals surface area contributed by atoms with E-state index in [1.807, 2.05) is 27.7 Å². The summed E-state index contributed by atoms with van der Waals surface area (Å²) in [5.74, 6) is -6.18. The number of hydrogen-bond donors (Lipinski definition) is 15. The number of carbonyl (C=O) groups excluding carboxylic acids is 8. The van der Waals surface area contributed by atoms with Crippen molar-refractivity contribution < 1.29 is 73.1 Å². The van der Waals surface area contributed by atoms with Crippen molar-refractivity contribution in [1.82, 2.24) is 37.2 Å². The molecule has 1 aliphatic rings. The quantitative estimate of drug-likeness (QED) is 0.0290. The molecule has 0 bridgehead atoms. The van der Waals surface area contributed by atoms with Crippen molar-refractivity contribution in [2.75, 3.05) is 26.3 Å². The number of rotatable bonds is 37. The summed E-state index contributed by atoms with van der Waals surface area (Å²) in [5.41, 5.74) is 22.9. The Kier molecular flexibility index (Phi) is 31.9. The lowest BCUT2D eigenvalue weighted by atomic mass is 9.97. The first kappa shape index (κ1) is 66.9. The van der Waals surface area contributed by atoms with Crippen LogP contribution in [0.15, 0.2) is 0 Å². The fourth-order valence-corrected chi connectivity index (χ4v) is 8.02. The minimum Gasteiger partial charge on any atom is -0.481 e. The van der Waals surface area contributed by atoms with E-state index in [1.54, 1.807) is 13.8 Å². The molecule has 0 aromatic heterocycles. The van der Waals surface area contributed by atoms with E-state index in [1.165, 1.54) is 0 Å². The SMILES string of the molecule is CC(=O)N[C@H]1[C@@H](OC[C@@H](CC(=O)N[C@H](CC(=O)N[C@@H](CCC(=O)O)CC(=O)N[C@@H](CCCN)CC(=O)N[C@H](CC(N)=O)C(C)C)C(C)C)NC(=O)C[C@H](CCCN)NC(=O)C[C@@H](N)C(C)C)O[C@H](CO)[C@H](O)[C@@H]1O. The number of amides is 8. The molecule has 0 radical (unpaired) electrons. The minimum absolute atomic E-state index is 0.00766. The maximum atomic E-state index is 13.9. The van der Waals surface area contributed by atoms with Gasteiger partial charge in [-0.25, -0.2) is 0 Å². The van der Waals surface area contributed by atoms with Gasteiger partial charge in [0.2, 0.25) is 47.3 Å². The summed E-state index contributed by atoms with van der Waals surface area (Å²) in [6.07, 6.45) is -6.72. The van der Waals surface area contributed by atoms with E-state index in [2.05, 4.69) is 37.2 Å². The molecule has 0 unspecified atom stereocenters. The smallest absolute Gasteiger partial charge is 0.303 e. The number of carboxylic acids is 1. The molecule has 0 aromatic rings. The number of ether oxygens (including phenoxy) is 2. The third-order valence-corrected chi connectivity index (χ3v) is 12.5. The number of carbonyl (C=O) groups is 9. The lowest BCUT2D eigenvalue weighted by Gasteiger charge is -2.42. The van der Waals surface area contributed by atoms with Crippen LogP contribution in [0, 0.1) is 17.8 Å². The zero-order chi connectivity index (χ0) is 56.2. The van der Waals surface area contributed by atoms with Gasteiger partial charge in [0, 0.05) is 94.5 Å². The number of aliphatic carboxylic acids is 1. The highest BCUT2D eigenvalue weighted by Crippen LogP contribution is 2.23. The maximum absolute atomic E-state index is 13.9. The molecule has 26 nitrogen and oxygen atoms in total. The zero-order valence-corrected chi connectivity index (χ0v) is 44.3. The van der Waals surface area contributed by atoms with Gasteiger partial charge >= 0.3 is 5.97 Å². The van der Waals surface area contributed by atoms with Crippen molar-refractivity contribution in [3.8, 4) is 0 Å². The Morgan fingerprint density at radius 1 is 0.581 bits per heavy atom. The van der Waals surface area contributed by atoms with E-state index in [-0.39, 0.29) is 81.7 Å². The van der Waals surface area contributed by atoms with Crippen molar-refractivity contribution in [2.24, 2.45) is 40.7 Å². The second kappa shape index (κ2) is 35.2. The Balaban J connectivity index is 3.33. The number of aliphatic hydroxyl groups excluding tert-OH is 3. The maximum Gasteiger partial charge on any atom is 0.303 e. The molecule has 1 saturated heterocycles. The van der Waals surface area contributed by atoms with Gasteiger partial charge in [-0.05, 0) is 62.9 Å². The fourth-order valence-electron chi connectivity index (χ4n) is 8.02. The zero-order valence-electron chi connectivity index (χ0n) is 44.3. The van der Waals surface area contributed by atoms with Gasteiger partial charge in [-0.2, -0.15) is 0 Å². The molecule has 1 rings (SSSR count). The van der Waals surface area contributed by atoms with E-state index in [9.17, 15) is 63.6 Å². The Hall–Kier alpha value is -5.09. The van der Waals surface area contributed by atoms with Gasteiger partial charge in [0.05, 0.1) is 19.3 Å². The standard InChI is InChI=1S/C48H89N11O15/c1-25(2)33(51)20-42(67)55-29(10-8-14-49)16-39(64)57-32(24-73-48-45(53-28(7)61)47(72)46(71)36(23-60)74-48)19-41(66)59-35(27(5)6)22-43(68)56-31(12-13-44(69)70)18-38(63)54-30(11-9-15-50)17-40(65)58-34(26(3)4)21-37(52)62/h25-27,29-36,45-48,60,71-72H,8-24,49-51H2,1-7H3,(H2,52,62)(H,53,61)(H,54,63)(H,55,67)(H,56,68)(H,57,64)(H,58,65)(H,59,66)(H,69,70)/t29-,30-,31-,32+,33+,34+,35+,36+,45+,46-,47+,48-/m0/s1. The van der Waals surface area contributed by atoms with Crippen LogP contribution >= 0.6 is 0 Å². The average molecular weight is 1060 g/mol. The van der Waals surface area contributed by atoms with Crippen LogP contribution in [0.4, 0.5) is 0 Å². The summed E-state index contributed by atoms with van der Waals surface area (Å²) < 4.78 is 11.6. The molecule has 1 heterocycles. The van der Waals surface area contributed by atoms with Crippen LogP contribution < -0.4 is 60.2 Å². The highest BCUT2D eigenvalue weighted by atomic mass is 16.7. The third-order valence-electron chi connectivity index (χ3n) is 12.5. The molecule has 426 valence electrons. The Bertz CT molecular complexity index is 1790. The van der Waals surface area contributed by atoms with E-state index in [0.29, 0.717) is 25.7 Å². The first-order chi connectivity index (χ1) is 34.7. The molecule has 12 atom stereocenters. The normalized spacial score (nSPS) is 20.5. The summed E-state index contributed by atoms with van der Waals surface area (Å²) in [4.78, 5) is 116. The van der Waals surface area contributed by atoms with E-state index >= 15 is 0 Å². The third kappa shape index (κ3) is 27.4. The molecule has 1 aliphatic heterocycles. The summed E-state index contributed by atoms with van der Waals surface area (Å²) in [6.45, 7) is 11.3. The number of aliphatic hydroxyl groups is 3. The molecule has 0 aliphatic carbocycles. The van der Waals surface area contributed by atoms with Crippen molar-refractivity contribution >= 4 is 53.2 Å². The topological polar surface area (TPSA) is 441 Å². The van der Waals surface area contributed by atoms with Crippen LogP contribution in [-0.2, 0) is 52.6 Å². The number of nitrogens with two attached hydrogens (primary N) is 4. The van der Waals surface area contributed by atoms with Gasteiger partial charge in [0.15, 0.2) is 6.29 Å². The predicted molar refractivity (Wildman–Crippen MR) is 270 cm³/mol. The summed E-state index contributed by atoms with van der Waals surface area (Å²) in [7, 11) is 0. The van der Waals surface area contributed by atoms with Gasteiger partial charge in [-0.15, -0.1) is 0 Å². The highest BCUT2D eigenvalue weighted by molar-refractivity contribution is 5.84. The molecule has 0 spiro atoms. The van der Waals surface area contributed by atoms with Crippen LogP contribution in [-0.4, -0.2) is 173 Å². The monoisotopic (exact) mass is 1060 g/mol. The molecule has 19 N–H and O–H groups in total. The largest absolute Gasteiger partial charge is 0.481 e. The fraction of sp³-hybridized carbons (Fsp3) is 0.812. The molecular formula is C48H89N11O15. The van der Waals surface area contributed by atoms with Crippen molar-refractivity contribution in [3.05, 3.63) is 0 Å². The second-order valence-electron chi connectivity index (χ2n) is 20.3. The molecule has 8 amide bonds. The van der Waals surface area contributed by atoms with Crippen molar-refractivity contribution in [2.45, 2.75) is 205 Å².